The maximum absolute atomic E-state index is 12.4. The van der Waals surface area contributed by atoms with Crippen LogP contribution in [0.15, 0.2) is 47.6 Å². The van der Waals surface area contributed by atoms with Gasteiger partial charge in [0.05, 0.1) is 19.2 Å². The van der Waals surface area contributed by atoms with E-state index < -0.39 is 5.92 Å². The summed E-state index contributed by atoms with van der Waals surface area (Å²) < 4.78 is 5.15. The van der Waals surface area contributed by atoms with Crippen LogP contribution in [0.1, 0.15) is 23.1 Å². The zero-order valence-corrected chi connectivity index (χ0v) is 15.7. The number of hydrazone groups is 1. The van der Waals surface area contributed by atoms with Gasteiger partial charge in [-0.05, 0) is 54.8 Å². The Kier molecular flexibility index (Phi) is 5.54. The van der Waals surface area contributed by atoms with Gasteiger partial charge in [0.2, 0.25) is 11.8 Å². The fraction of sp³-hybridized carbons (Fsp3) is 0.286. The number of ether oxygens (including phenoxy) is 1. The van der Waals surface area contributed by atoms with Gasteiger partial charge in [0.1, 0.15) is 5.75 Å². The van der Waals surface area contributed by atoms with Crippen LogP contribution in [0.2, 0.25) is 0 Å². The highest BCUT2D eigenvalue weighted by Crippen LogP contribution is 2.26. The summed E-state index contributed by atoms with van der Waals surface area (Å²) in [4.78, 5) is 26.4. The molecule has 1 atom stereocenters. The standard InChI is InChI=1S/C21H23N3O3/c1-14-7-8-18(9-15(14)2)24-13-17(11-20(24)25)21(26)23-22-12-16-5-4-6-19(10-16)27-3/h4-10,12,17H,11,13H2,1-3H3,(H,23,26)/b22-12-/t17-/m0/s1. The molecule has 2 aromatic rings. The maximum atomic E-state index is 12.4. The second kappa shape index (κ2) is 8.03. The molecule has 6 heteroatoms. The van der Waals surface area contributed by atoms with Gasteiger partial charge in [-0.15, -0.1) is 0 Å². The number of hydrogen-bond donors (Lipinski definition) is 1. The largest absolute Gasteiger partial charge is 0.497 e. The van der Waals surface area contributed by atoms with E-state index in [-0.39, 0.29) is 18.2 Å². The van der Waals surface area contributed by atoms with Gasteiger partial charge < -0.3 is 9.64 Å². The number of methoxy groups -OCH3 is 1. The van der Waals surface area contributed by atoms with Crippen LogP contribution in [-0.2, 0) is 9.59 Å². The van der Waals surface area contributed by atoms with E-state index in [0.29, 0.717) is 6.54 Å². The van der Waals surface area contributed by atoms with Gasteiger partial charge in [0, 0.05) is 18.7 Å². The quantitative estimate of drug-likeness (QED) is 0.654. The van der Waals surface area contributed by atoms with Crippen LogP contribution in [-0.4, -0.2) is 31.7 Å². The molecule has 6 nitrogen and oxygen atoms in total. The fourth-order valence-electron chi connectivity index (χ4n) is 3.01. The van der Waals surface area contributed by atoms with Crippen LogP contribution in [0.4, 0.5) is 5.69 Å². The number of aryl methyl sites for hydroxylation is 2. The van der Waals surface area contributed by atoms with Gasteiger partial charge in [-0.2, -0.15) is 5.10 Å². The molecule has 27 heavy (non-hydrogen) atoms. The van der Waals surface area contributed by atoms with Crippen LogP contribution in [0, 0.1) is 19.8 Å². The number of anilines is 1. The van der Waals surface area contributed by atoms with Crippen molar-refractivity contribution in [2.75, 3.05) is 18.6 Å². The molecule has 1 aliphatic rings. The number of carbonyl (C=O) groups is 2. The highest BCUT2D eigenvalue weighted by atomic mass is 16.5. The van der Waals surface area contributed by atoms with Gasteiger partial charge in [-0.3, -0.25) is 9.59 Å². The highest BCUT2D eigenvalue weighted by Gasteiger charge is 2.35. The lowest BCUT2D eigenvalue weighted by atomic mass is 10.1. The Balaban J connectivity index is 1.61. The third kappa shape index (κ3) is 4.34. The molecule has 1 aliphatic heterocycles. The molecule has 0 spiro atoms. The molecule has 2 aromatic carbocycles. The van der Waals surface area contributed by atoms with Crippen LogP contribution in [0.5, 0.6) is 5.75 Å². The molecule has 1 fully saturated rings. The summed E-state index contributed by atoms with van der Waals surface area (Å²) in [6.45, 7) is 4.40. The predicted octanol–water partition coefficient (Wildman–Crippen LogP) is 2.82. The smallest absolute Gasteiger partial charge is 0.245 e. The Labute approximate surface area is 158 Å². The van der Waals surface area contributed by atoms with Gasteiger partial charge in [0.15, 0.2) is 0 Å². The van der Waals surface area contributed by atoms with Crippen molar-refractivity contribution in [2.45, 2.75) is 20.3 Å². The van der Waals surface area contributed by atoms with Crippen molar-refractivity contribution < 1.29 is 14.3 Å². The summed E-state index contributed by atoms with van der Waals surface area (Å²) >= 11 is 0. The first-order chi connectivity index (χ1) is 13.0. The first-order valence-corrected chi connectivity index (χ1v) is 8.82. The van der Waals surface area contributed by atoms with E-state index in [0.717, 1.165) is 22.6 Å². The van der Waals surface area contributed by atoms with E-state index in [9.17, 15) is 9.59 Å². The summed E-state index contributed by atoms with van der Waals surface area (Å²) in [5.74, 6) is 0.00118. The van der Waals surface area contributed by atoms with Gasteiger partial charge in [-0.25, -0.2) is 5.43 Å². The average Bonchev–Trinajstić information content (AvgIpc) is 3.06. The Morgan fingerprint density at radius 2 is 2.04 bits per heavy atom. The molecular formula is C21H23N3O3. The van der Waals surface area contributed by atoms with Gasteiger partial charge >= 0.3 is 0 Å². The molecule has 140 valence electrons. The Morgan fingerprint density at radius 3 is 2.78 bits per heavy atom. The highest BCUT2D eigenvalue weighted by molar-refractivity contribution is 6.00. The molecule has 1 heterocycles. The van der Waals surface area contributed by atoms with Crippen LogP contribution < -0.4 is 15.1 Å². The second-order valence-electron chi connectivity index (χ2n) is 6.68. The number of hydrogen-bond acceptors (Lipinski definition) is 4. The van der Waals surface area contributed by atoms with Crippen molar-refractivity contribution in [3.8, 4) is 5.75 Å². The average molecular weight is 365 g/mol. The number of nitrogens with zero attached hydrogens (tertiary/aromatic N) is 2. The lowest BCUT2D eigenvalue weighted by Crippen LogP contribution is -2.30. The van der Waals surface area contributed by atoms with Crippen molar-refractivity contribution in [3.63, 3.8) is 0 Å². The molecule has 0 bridgehead atoms. The third-order valence-electron chi connectivity index (χ3n) is 4.78. The van der Waals surface area contributed by atoms with E-state index in [2.05, 4.69) is 10.5 Å². The topological polar surface area (TPSA) is 71.0 Å². The van der Waals surface area contributed by atoms with Gasteiger partial charge in [0.25, 0.3) is 0 Å². The number of amides is 2. The first kappa shape index (κ1) is 18.6. The van der Waals surface area contributed by atoms with Crippen LogP contribution in [0.3, 0.4) is 0 Å². The molecule has 3 rings (SSSR count). The Hall–Kier alpha value is -3.15. The third-order valence-corrected chi connectivity index (χ3v) is 4.78. The molecule has 2 amide bonds. The monoisotopic (exact) mass is 365 g/mol. The zero-order valence-electron chi connectivity index (χ0n) is 15.7. The minimum Gasteiger partial charge on any atom is -0.497 e. The van der Waals surface area contributed by atoms with E-state index >= 15 is 0 Å². The number of carbonyl (C=O) groups excluding carboxylic acids is 2. The summed E-state index contributed by atoms with van der Waals surface area (Å²) in [6, 6.07) is 13.2. The summed E-state index contributed by atoms with van der Waals surface area (Å²) in [5.41, 5.74) is 6.47. The van der Waals surface area contributed by atoms with Crippen molar-refractivity contribution >= 4 is 23.7 Å². The molecule has 0 unspecified atom stereocenters. The van der Waals surface area contributed by atoms with Crippen molar-refractivity contribution in [1.82, 2.24) is 5.43 Å². The summed E-state index contributed by atoms with van der Waals surface area (Å²) in [5, 5.41) is 4.00. The minimum absolute atomic E-state index is 0.0461. The van der Waals surface area contributed by atoms with E-state index in [1.807, 2.05) is 56.3 Å². The normalized spacial score (nSPS) is 16.8. The molecule has 1 saturated heterocycles. The number of rotatable bonds is 5. The lowest BCUT2D eigenvalue weighted by Gasteiger charge is -2.17. The molecular weight excluding hydrogens is 342 g/mol. The first-order valence-electron chi connectivity index (χ1n) is 8.82. The molecule has 0 aliphatic carbocycles. The molecule has 1 N–H and O–H groups in total. The number of benzene rings is 2. The SMILES string of the molecule is COc1cccc(/C=N\NC(=O)[C@H]2CC(=O)N(c3ccc(C)c(C)c3)C2)c1. The molecule has 0 radical (unpaired) electrons. The Bertz CT molecular complexity index is 892. The van der Waals surface area contributed by atoms with Crippen LogP contribution >= 0.6 is 0 Å². The van der Waals surface area contributed by atoms with E-state index in [4.69, 9.17) is 4.74 Å². The maximum Gasteiger partial charge on any atom is 0.245 e. The molecule has 0 saturated carbocycles. The summed E-state index contributed by atoms with van der Waals surface area (Å²) in [6.07, 6.45) is 1.74. The van der Waals surface area contributed by atoms with Crippen molar-refractivity contribution in [3.05, 3.63) is 59.2 Å². The van der Waals surface area contributed by atoms with E-state index in [1.54, 1.807) is 18.2 Å². The lowest BCUT2D eigenvalue weighted by molar-refractivity contribution is -0.126. The zero-order chi connectivity index (χ0) is 19.4. The fourth-order valence-corrected chi connectivity index (χ4v) is 3.01. The van der Waals surface area contributed by atoms with Crippen molar-refractivity contribution in [1.29, 1.82) is 0 Å². The summed E-state index contributed by atoms with van der Waals surface area (Å²) in [7, 11) is 1.59. The van der Waals surface area contributed by atoms with E-state index in [1.165, 1.54) is 5.56 Å². The minimum atomic E-state index is -0.415. The predicted molar refractivity (Wildman–Crippen MR) is 105 cm³/mol. The van der Waals surface area contributed by atoms with Crippen molar-refractivity contribution in [2.24, 2.45) is 11.0 Å². The second-order valence-corrected chi connectivity index (χ2v) is 6.68. The Morgan fingerprint density at radius 1 is 1.22 bits per heavy atom. The molecule has 0 aromatic heterocycles. The van der Waals surface area contributed by atoms with Crippen LogP contribution in [0.25, 0.3) is 0 Å². The number of nitrogens with one attached hydrogen (secondary N) is 1. The van der Waals surface area contributed by atoms with Gasteiger partial charge in [-0.1, -0.05) is 18.2 Å².